The Morgan fingerprint density at radius 1 is 1.11 bits per heavy atom. The van der Waals surface area contributed by atoms with E-state index in [0.29, 0.717) is 0 Å². The third-order valence-corrected chi connectivity index (χ3v) is 2.81. The van der Waals surface area contributed by atoms with Crippen LogP contribution < -0.4 is 0 Å². The van der Waals surface area contributed by atoms with Gasteiger partial charge in [0.25, 0.3) is 0 Å². The van der Waals surface area contributed by atoms with Crippen molar-refractivity contribution in [2.45, 2.75) is 6.92 Å². The predicted octanol–water partition coefficient (Wildman–Crippen LogP) is 3.34. The third kappa shape index (κ3) is 2.27. The molecular formula is C14H10F2O3. The van der Waals surface area contributed by atoms with E-state index in [2.05, 4.69) is 0 Å². The van der Waals surface area contributed by atoms with Gasteiger partial charge in [-0.25, -0.2) is 13.6 Å². The van der Waals surface area contributed by atoms with E-state index in [1.54, 1.807) is 0 Å². The van der Waals surface area contributed by atoms with Crippen LogP contribution in [0.15, 0.2) is 30.3 Å². The lowest BCUT2D eigenvalue weighted by molar-refractivity contribution is 0.0694. The maximum absolute atomic E-state index is 13.8. The molecular weight excluding hydrogens is 254 g/mol. The molecule has 2 aromatic carbocycles. The highest BCUT2D eigenvalue weighted by molar-refractivity contribution is 5.92. The molecule has 0 saturated carbocycles. The molecule has 19 heavy (non-hydrogen) atoms. The van der Waals surface area contributed by atoms with Gasteiger partial charge in [-0.2, -0.15) is 0 Å². The number of hydrogen-bond donors (Lipinski definition) is 2. The summed E-state index contributed by atoms with van der Waals surface area (Å²) in [5.74, 6) is -3.78. The molecule has 2 rings (SSSR count). The van der Waals surface area contributed by atoms with Crippen LogP contribution in [0, 0.1) is 18.6 Å². The van der Waals surface area contributed by atoms with Crippen LogP contribution in [0.1, 0.15) is 15.9 Å². The van der Waals surface area contributed by atoms with E-state index < -0.39 is 23.4 Å². The molecule has 5 heteroatoms. The smallest absolute Gasteiger partial charge is 0.339 e. The van der Waals surface area contributed by atoms with Gasteiger partial charge in [0.15, 0.2) is 11.6 Å². The number of hydrogen-bond acceptors (Lipinski definition) is 2. The fourth-order valence-corrected chi connectivity index (χ4v) is 1.74. The van der Waals surface area contributed by atoms with Crippen LogP contribution in [0.4, 0.5) is 8.78 Å². The van der Waals surface area contributed by atoms with E-state index in [1.165, 1.54) is 25.1 Å². The van der Waals surface area contributed by atoms with Gasteiger partial charge in [-0.05, 0) is 30.2 Å². The molecule has 0 heterocycles. The Morgan fingerprint density at radius 3 is 2.42 bits per heavy atom. The molecule has 0 radical (unpaired) electrons. The monoisotopic (exact) mass is 264 g/mol. The average molecular weight is 264 g/mol. The van der Waals surface area contributed by atoms with E-state index in [0.717, 1.165) is 12.1 Å². The molecule has 0 aromatic heterocycles. The molecule has 3 nitrogen and oxygen atoms in total. The van der Waals surface area contributed by atoms with Crippen LogP contribution in [0.3, 0.4) is 0 Å². The highest BCUT2D eigenvalue weighted by atomic mass is 19.2. The molecule has 0 bridgehead atoms. The zero-order valence-corrected chi connectivity index (χ0v) is 9.95. The summed E-state index contributed by atoms with van der Waals surface area (Å²) in [6.07, 6.45) is 0. The number of phenols is 1. The number of carboxylic acids is 1. The molecule has 0 fully saturated rings. The number of carbonyl (C=O) groups is 1. The van der Waals surface area contributed by atoms with Gasteiger partial charge in [0, 0.05) is 5.56 Å². The van der Waals surface area contributed by atoms with Crippen molar-refractivity contribution in [3.05, 3.63) is 53.1 Å². The largest absolute Gasteiger partial charge is 0.507 e. The Labute approximate surface area is 107 Å². The van der Waals surface area contributed by atoms with E-state index in [9.17, 15) is 18.7 Å². The molecule has 0 amide bonds. The Morgan fingerprint density at radius 2 is 1.79 bits per heavy atom. The number of aryl methyl sites for hydroxylation is 1. The molecule has 0 spiro atoms. The SMILES string of the molecule is Cc1ccc(-c2ccc(O)c(C(=O)O)c2)c(F)c1F. The minimum absolute atomic E-state index is 0.0504. The molecule has 0 aliphatic heterocycles. The van der Waals surface area contributed by atoms with Gasteiger partial charge in [-0.15, -0.1) is 0 Å². The summed E-state index contributed by atoms with van der Waals surface area (Å²) in [5.41, 5.74) is -0.0615. The predicted molar refractivity (Wildman–Crippen MR) is 65.2 cm³/mol. The normalized spacial score (nSPS) is 10.5. The fraction of sp³-hybridized carbons (Fsp3) is 0.0714. The van der Waals surface area contributed by atoms with Crippen molar-refractivity contribution in [1.29, 1.82) is 0 Å². The average Bonchev–Trinajstić information content (AvgIpc) is 2.37. The summed E-state index contributed by atoms with van der Waals surface area (Å²) < 4.78 is 27.3. The minimum Gasteiger partial charge on any atom is -0.507 e. The summed E-state index contributed by atoms with van der Waals surface area (Å²) in [5, 5.41) is 18.2. The van der Waals surface area contributed by atoms with Crippen molar-refractivity contribution in [1.82, 2.24) is 0 Å². The second-order valence-corrected chi connectivity index (χ2v) is 4.10. The first kappa shape index (κ1) is 13.0. The van der Waals surface area contributed by atoms with Gasteiger partial charge in [-0.3, -0.25) is 0 Å². The van der Waals surface area contributed by atoms with Crippen LogP contribution in [0.25, 0.3) is 11.1 Å². The van der Waals surface area contributed by atoms with E-state index in [1.807, 2.05) is 0 Å². The molecule has 0 aliphatic carbocycles. The fourth-order valence-electron chi connectivity index (χ4n) is 1.74. The minimum atomic E-state index is -1.34. The van der Waals surface area contributed by atoms with Crippen LogP contribution in [0.2, 0.25) is 0 Å². The van der Waals surface area contributed by atoms with Gasteiger partial charge < -0.3 is 10.2 Å². The van der Waals surface area contributed by atoms with Gasteiger partial charge >= 0.3 is 5.97 Å². The summed E-state index contributed by atoms with van der Waals surface area (Å²) >= 11 is 0. The molecule has 2 aromatic rings. The topological polar surface area (TPSA) is 57.5 Å². The Balaban J connectivity index is 2.63. The first-order valence-corrected chi connectivity index (χ1v) is 5.43. The van der Waals surface area contributed by atoms with Gasteiger partial charge in [-0.1, -0.05) is 18.2 Å². The Hall–Kier alpha value is -2.43. The van der Waals surface area contributed by atoms with Gasteiger partial charge in [0.05, 0.1) is 0 Å². The lowest BCUT2D eigenvalue weighted by atomic mass is 10.0. The molecule has 98 valence electrons. The number of carboxylic acid groups (broad SMARTS) is 1. The standard InChI is InChI=1S/C14H10F2O3/c1-7-2-4-9(13(16)12(7)15)8-3-5-11(17)10(6-8)14(18)19/h2-6,17H,1H3,(H,18,19). The van der Waals surface area contributed by atoms with E-state index in [-0.39, 0.29) is 22.3 Å². The maximum atomic E-state index is 13.8. The zero-order valence-electron chi connectivity index (χ0n) is 9.95. The van der Waals surface area contributed by atoms with Gasteiger partial charge in [0.2, 0.25) is 0 Å². The lowest BCUT2D eigenvalue weighted by Crippen LogP contribution is -1.98. The van der Waals surface area contributed by atoms with Crippen molar-refractivity contribution in [2.75, 3.05) is 0 Å². The summed E-state index contributed by atoms with van der Waals surface area (Å²) in [4.78, 5) is 10.9. The Kier molecular flexibility index (Phi) is 3.21. The van der Waals surface area contributed by atoms with Gasteiger partial charge in [0.1, 0.15) is 11.3 Å². The molecule has 0 unspecified atom stereocenters. The van der Waals surface area contributed by atoms with E-state index in [4.69, 9.17) is 5.11 Å². The van der Waals surface area contributed by atoms with Crippen LogP contribution in [0.5, 0.6) is 5.75 Å². The van der Waals surface area contributed by atoms with Crippen molar-refractivity contribution >= 4 is 5.97 Å². The third-order valence-electron chi connectivity index (χ3n) is 2.81. The lowest BCUT2D eigenvalue weighted by Gasteiger charge is -2.08. The second kappa shape index (κ2) is 4.68. The number of halogens is 2. The summed E-state index contributed by atoms with van der Waals surface area (Å²) in [7, 11) is 0. The highest BCUT2D eigenvalue weighted by Crippen LogP contribution is 2.29. The number of aromatic carboxylic acids is 1. The molecule has 0 atom stereocenters. The summed E-state index contributed by atoms with van der Waals surface area (Å²) in [6.45, 7) is 1.43. The van der Waals surface area contributed by atoms with Crippen LogP contribution >= 0.6 is 0 Å². The first-order valence-electron chi connectivity index (χ1n) is 5.43. The van der Waals surface area contributed by atoms with Crippen LogP contribution in [-0.4, -0.2) is 16.2 Å². The van der Waals surface area contributed by atoms with Crippen molar-refractivity contribution in [3.63, 3.8) is 0 Å². The first-order chi connectivity index (χ1) is 8.91. The number of benzene rings is 2. The number of aromatic hydroxyl groups is 1. The maximum Gasteiger partial charge on any atom is 0.339 e. The van der Waals surface area contributed by atoms with Crippen molar-refractivity contribution < 1.29 is 23.8 Å². The second-order valence-electron chi connectivity index (χ2n) is 4.10. The zero-order chi connectivity index (χ0) is 14.2. The van der Waals surface area contributed by atoms with E-state index >= 15 is 0 Å². The molecule has 2 N–H and O–H groups in total. The Bertz CT molecular complexity index is 666. The highest BCUT2D eigenvalue weighted by Gasteiger charge is 2.16. The summed E-state index contributed by atoms with van der Waals surface area (Å²) in [6, 6.07) is 6.34. The van der Waals surface area contributed by atoms with Crippen molar-refractivity contribution in [3.8, 4) is 16.9 Å². The quantitative estimate of drug-likeness (QED) is 0.874. The number of rotatable bonds is 2. The molecule has 0 aliphatic rings. The van der Waals surface area contributed by atoms with Crippen LogP contribution in [-0.2, 0) is 0 Å². The molecule has 0 saturated heterocycles. The van der Waals surface area contributed by atoms with Crippen molar-refractivity contribution in [2.24, 2.45) is 0 Å².